The average molecular weight is 395 g/mol. The minimum atomic E-state index is -0.329. The number of morpholine rings is 1. The summed E-state index contributed by atoms with van der Waals surface area (Å²) in [7, 11) is 1.39. The number of aromatic nitrogens is 1. The number of carbonyl (C=O) groups excluding carboxylic acids is 1. The third-order valence-corrected chi connectivity index (χ3v) is 5.44. The maximum Gasteiger partial charge on any atom is 0.330 e. The van der Waals surface area contributed by atoms with Crippen molar-refractivity contribution in [2.75, 3.05) is 26.8 Å². The Morgan fingerprint density at radius 1 is 1.31 bits per heavy atom. The van der Waals surface area contributed by atoms with Gasteiger partial charge in [-0.1, -0.05) is 30.3 Å². The lowest BCUT2D eigenvalue weighted by molar-refractivity contribution is -0.134. The molecule has 5 heteroatoms. The predicted octanol–water partition coefficient (Wildman–Crippen LogP) is 3.97. The first-order chi connectivity index (χ1) is 14.0. The Kier molecular flexibility index (Phi) is 7.18. The van der Waals surface area contributed by atoms with Crippen LogP contribution in [-0.4, -0.2) is 48.7 Å². The third kappa shape index (κ3) is 5.75. The number of nitrogens with zero attached hydrogens (tertiary/aromatic N) is 2. The molecule has 0 saturated carbocycles. The quantitative estimate of drug-likeness (QED) is 0.548. The summed E-state index contributed by atoms with van der Waals surface area (Å²) in [6, 6.07) is 14.9. The maximum atomic E-state index is 11.4. The number of allylic oxidation sites excluding steroid dienone is 1. The lowest BCUT2D eigenvalue weighted by Gasteiger charge is -2.36. The summed E-state index contributed by atoms with van der Waals surface area (Å²) in [4.78, 5) is 18.5. The molecule has 0 N–H and O–H groups in total. The molecule has 5 nitrogen and oxygen atoms in total. The Hall–Kier alpha value is -2.50. The fourth-order valence-electron chi connectivity index (χ4n) is 3.68. The Bertz CT molecular complexity index is 861. The van der Waals surface area contributed by atoms with E-state index in [1.54, 1.807) is 0 Å². The van der Waals surface area contributed by atoms with Gasteiger partial charge in [-0.15, -0.1) is 0 Å². The molecule has 1 aromatic heterocycles. The van der Waals surface area contributed by atoms with Crippen molar-refractivity contribution in [1.82, 2.24) is 9.88 Å². The van der Waals surface area contributed by atoms with Crippen molar-refractivity contribution in [3.63, 3.8) is 0 Å². The van der Waals surface area contributed by atoms with Gasteiger partial charge < -0.3 is 9.47 Å². The summed E-state index contributed by atoms with van der Waals surface area (Å²) in [5, 5.41) is 0. The topological polar surface area (TPSA) is 51.7 Å². The van der Waals surface area contributed by atoms with Crippen molar-refractivity contribution in [2.45, 2.75) is 39.3 Å². The summed E-state index contributed by atoms with van der Waals surface area (Å²) in [6.45, 7) is 8.71. The summed E-state index contributed by atoms with van der Waals surface area (Å²) >= 11 is 0. The molecular weight excluding hydrogens is 364 g/mol. The van der Waals surface area contributed by atoms with E-state index >= 15 is 0 Å². The smallest absolute Gasteiger partial charge is 0.330 e. The van der Waals surface area contributed by atoms with Crippen LogP contribution in [0.5, 0.6) is 0 Å². The second-order valence-corrected chi connectivity index (χ2v) is 7.66. The fraction of sp³-hybridized carbons (Fsp3) is 0.417. The molecule has 2 aromatic rings. The molecule has 1 saturated heterocycles. The van der Waals surface area contributed by atoms with Crippen molar-refractivity contribution in [3.8, 4) is 0 Å². The molecular formula is C24H30N2O3. The van der Waals surface area contributed by atoms with Crippen LogP contribution in [0.15, 0.2) is 48.5 Å². The molecule has 3 rings (SSSR count). The highest BCUT2D eigenvalue weighted by molar-refractivity contribution is 5.90. The number of carbonyl (C=O) groups is 1. The summed E-state index contributed by atoms with van der Waals surface area (Å²) in [5.41, 5.74) is 5.25. The van der Waals surface area contributed by atoms with E-state index in [1.165, 1.54) is 18.7 Å². The summed E-state index contributed by atoms with van der Waals surface area (Å²) < 4.78 is 10.7. The lowest BCUT2D eigenvalue weighted by Crippen LogP contribution is -2.44. The van der Waals surface area contributed by atoms with Crippen molar-refractivity contribution in [2.24, 2.45) is 0 Å². The molecule has 1 aliphatic heterocycles. The van der Waals surface area contributed by atoms with E-state index in [4.69, 9.17) is 9.47 Å². The first-order valence-electron chi connectivity index (χ1n) is 10.1. The van der Waals surface area contributed by atoms with Gasteiger partial charge in [0, 0.05) is 30.9 Å². The number of esters is 1. The molecule has 0 radical (unpaired) electrons. The highest BCUT2D eigenvalue weighted by Gasteiger charge is 2.26. The summed E-state index contributed by atoms with van der Waals surface area (Å²) in [5.74, 6) is -0.329. The van der Waals surface area contributed by atoms with Gasteiger partial charge in [-0.05, 0) is 56.0 Å². The molecule has 154 valence electrons. The minimum Gasteiger partial charge on any atom is -0.466 e. The van der Waals surface area contributed by atoms with E-state index in [1.807, 2.05) is 26.0 Å². The number of pyridine rings is 1. The maximum absolute atomic E-state index is 11.4. The molecule has 0 spiro atoms. The largest absolute Gasteiger partial charge is 0.466 e. The van der Waals surface area contributed by atoms with Gasteiger partial charge in [-0.25, -0.2) is 4.79 Å². The van der Waals surface area contributed by atoms with Crippen LogP contribution in [0.4, 0.5) is 0 Å². The first-order valence-corrected chi connectivity index (χ1v) is 10.1. The number of benzene rings is 1. The van der Waals surface area contributed by atoms with Gasteiger partial charge >= 0.3 is 5.97 Å². The second kappa shape index (κ2) is 9.81. The molecule has 1 fully saturated rings. The monoisotopic (exact) mass is 394 g/mol. The zero-order valence-corrected chi connectivity index (χ0v) is 17.7. The number of aryl methyl sites for hydroxylation is 1. The van der Waals surface area contributed by atoms with Crippen molar-refractivity contribution in [1.29, 1.82) is 0 Å². The van der Waals surface area contributed by atoms with Gasteiger partial charge in [0.1, 0.15) is 6.10 Å². The van der Waals surface area contributed by atoms with E-state index in [-0.39, 0.29) is 12.1 Å². The van der Waals surface area contributed by atoms with Crippen LogP contribution < -0.4 is 0 Å². The highest BCUT2D eigenvalue weighted by Crippen LogP contribution is 2.23. The van der Waals surface area contributed by atoms with Gasteiger partial charge in [0.15, 0.2) is 0 Å². The normalized spacial score (nSPS) is 19.0. The zero-order valence-electron chi connectivity index (χ0n) is 17.7. The standard InChI is InChI=1S/C24H30N2O3/c1-17(14-24(27)28-4)21-10-8-20(9-11-21)15-19(3)26-12-13-29-23(16-26)22-7-5-6-18(2)25-22/h5-11,14,19,23H,12-13,15-16H2,1-4H3/b17-14+. The van der Waals surface area contributed by atoms with Crippen molar-refractivity contribution >= 4 is 11.5 Å². The molecule has 1 aliphatic rings. The Labute approximate surface area is 173 Å². The van der Waals surface area contributed by atoms with Crippen LogP contribution in [0.25, 0.3) is 5.57 Å². The second-order valence-electron chi connectivity index (χ2n) is 7.66. The number of methoxy groups -OCH3 is 1. The van der Waals surface area contributed by atoms with Crippen LogP contribution in [0.1, 0.15) is 42.5 Å². The van der Waals surface area contributed by atoms with Gasteiger partial charge in [0.2, 0.25) is 0 Å². The molecule has 0 bridgehead atoms. The number of hydrogen-bond donors (Lipinski definition) is 0. The van der Waals surface area contributed by atoms with E-state index in [2.05, 4.69) is 47.1 Å². The summed E-state index contributed by atoms with van der Waals surface area (Å²) in [6.07, 6.45) is 2.51. The third-order valence-electron chi connectivity index (χ3n) is 5.44. The SMILES string of the molecule is COC(=O)/C=C(\C)c1ccc(CC(C)N2CCOC(c3cccc(C)n3)C2)cc1. The predicted molar refractivity (Wildman–Crippen MR) is 115 cm³/mol. The van der Waals surface area contributed by atoms with Gasteiger partial charge in [-0.2, -0.15) is 0 Å². The van der Waals surface area contributed by atoms with Crippen molar-refractivity contribution in [3.05, 3.63) is 71.1 Å². The van der Waals surface area contributed by atoms with E-state index in [0.29, 0.717) is 6.04 Å². The number of ether oxygens (including phenoxy) is 2. The molecule has 29 heavy (non-hydrogen) atoms. The number of rotatable bonds is 6. The van der Waals surface area contributed by atoms with Gasteiger partial charge in [0.05, 0.1) is 19.4 Å². The molecule has 2 heterocycles. The van der Waals surface area contributed by atoms with Crippen LogP contribution >= 0.6 is 0 Å². The van der Waals surface area contributed by atoms with Crippen LogP contribution in [0.2, 0.25) is 0 Å². The average Bonchev–Trinajstić information content (AvgIpc) is 2.74. The zero-order chi connectivity index (χ0) is 20.8. The van der Waals surface area contributed by atoms with Crippen LogP contribution in [0, 0.1) is 6.92 Å². The Morgan fingerprint density at radius 2 is 2.07 bits per heavy atom. The molecule has 1 aromatic carbocycles. The van der Waals surface area contributed by atoms with E-state index in [0.717, 1.165) is 48.6 Å². The van der Waals surface area contributed by atoms with Crippen molar-refractivity contribution < 1.29 is 14.3 Å². The fourth-order valence-corrected chi connectivity index (χ4v) is 3.68. The van der Waals surface area contributed by atoms with Crippen LogP contribution in [-0.2, 0) is 20.7 Å². The van der Waals surface area contributed by atoms with E-state index < -0.39 is 0 Å². The minimum absolute atomic E-state index is 0.0274. The highest BCUT2D eigenvalue weighted by atomic mass is 16.5. The molecule has 2 atom stereocenters. The van der Waals surface area contributed by atoms with Crippen LogP contribution in [0.3, 0.4) is 0 Å². The molecule has 2 unspecified atom stereocenters. The first kappa shape index (κ1) is 21.2. The van der Waals surface area contributed by atoms with Gasteiger partial charge in [-0.3, -0.25) is 9.88 Å². The van der Waals surface area contributed by atoms with Gasteiger partial charge in [0.25, 0.3) is 0 Å². The Balaban J connectivity index is 1.61. The molecule has 0 amide bonds. The molecule has 0 aliphatic carbocycles. The Morgan fingerprint density at radius 3 is 2.76 bits per heavy atom. The lowest BCUT2D eigenvalue weighted by atomic mass is 10.0. The number of hydrogen-bond acceptors (Lipinski definition) is 5. The van der Waals surface area contributed by atoms with E-state index in [9.17, 15) is 4.79 Å².